The lowest BCUT2D eigenvalue weighted by molar-refractivity contribution is -0.121. The molecule has 0 aliphatic rings. The molecule has 0 radical (unpaired) electrons. The molecule has 19 heavy (non-hydrogen) atoms. The first-order valence-corrected chi connectivity index (χ1v) is 6.31. The average molecular weight is 281 g/mol. The predicted octanol–water partition coefficient (Wildman–Crippen LogP) is -0.208. The Morgan fingerprint density at radius 2 is 2.32 bits per heavy atom. The number of carboxylic acid groups (broad SMARTS) is 1. The molecule has 1 amide bonds. The zero-order chi connectivity index (χ0) is 13.7. The Hall–Kier alpha value is -2.29. The van der Waals surface area contributed by atoms with Crippen molar-refractivity contribution in [2.45, 2.75) is 13.0 Å². The van der Waals surface area contributed by atoms with Crippen molar-refractivity contribution in [2.24, 2.45) is 0 Å². The topological polar surface area (TPSA) is 110 Å². The lowest BCUT2D eigenvalue weighted by Gasteiger charge is -2.03. The van der Waals surface area contributed by atoms with Crippen LogP contribution in [0.4, 0.5) is 0 Å². The molecule has 2 heterocycles. The highest BCUT2D eigenvalue weighted by atomic mass is 32.1. The molecule has 0 aliphatic heterocycles. The van der Waals surface area contributed by atoms with Crippen LogP contribution in [-0.4, -0.2) is 43.5 Å². The van der Waals surface area contributed by atoms with Crippen LogP contribution in [0, 0.1) is 0 Å². The Kier molecular flexibility index (Phi) is 4.18. The maximum Gasteiger partial charge on any atom is 0.355 e. The third kappa shape index (κ3) is 3.85. The van der Waals surface area contributed by atoms with E-state index in [0.29, 0.717) is 18.0 Å². The molecule has 0 spiro atoms. The van der Waals surface area contributed by atoms with Crippen LogP contribution in [0.25, 0.3) is 0 Å². The number of hydrogen-bond acceptors (Lipinski definition) is 6. The molecule has 2 aromatic rings. The second-order valence-corrected chi connectivity index (χ2v) is 4.57. The molecule has 0 saturated heterocycles. The first kappa shape index (κ1) is 13.1. The molecule has 0 atom stereocenters. The van der Waals surface area contributed by atoms with Gasteiger partial charge in [0.1, 0.15) is 6.54 Å². The fourth-order valence-electron chi connectivity index (χ4n) is 1.35. The molecular formula is C10H11N5O3S. The van der Waals surface area contributed by atoms with Gasteiger partial charge >= 0.3 is 5.97 Å². The van der Waals surface area contributed by atoms with E-state index < -0.39 is 5.97 Å². The highest BCUT2D eigenvalue weighted by Crippen LogP contribution is 2.09. The SMILES string of the molecule is O=C(Cn1ccnn1)NCCc1nc(C(=O)O)cs1. The number of carboxylic acids is 1. The second-order valence-electron chi connectivity index (χ2n) is 3.63. The standard InChI is InChI=1S/C10H11N5O3S/c16-8(5-15-4-3-12-14-15)11-2-1-9-13-7(6-19-9)10(17)18/h3-4,6H,1-2,5H2,(H,11,16)(H,17,18). The summed E-state index contributed by atoms with van der Waals surface area (Å²) in [6.07, 6.45) is 3.59. The summed E-state index contributed by atoms with van der Waals surface area (Å²) in [5, 5.41) is 20.8. The van der Waals surface area contributed by atoms with Crippen molar-refractivity contribution >= 4 is 23.2 Å². The molecule has 0 aromatic carbocycles. The van der Waals surface area contributed by atoms with E-state index in [1.165, 1.54) is 27.6 Å². The Morgan fingerprint density at radius 1 is 1.47 bits per heavy atom. The van der Waals surface area contributed by atoms with E-state index in [-0.39, 0.29) is 18.1 Å². The number of amides is 1. The van der Waals surface area contributed by atoms with Crippen molar-refractivity contribution in [1.29, 1.82) is 0 Å². The number of nitrogens with zero attached hydrogens (tertiary/aromatic N) is 4. The summed E-state index contributed by atoms with van der Waals surface area (Å²) in [6.45, 7) is 0.512. The molecule has 0 fully saturated rings. The Balaban J connectivity index is 1.73. The Labute approximate surface area is 112 Å². The maximum atomic E-state index is 11.5. The van der Waals surface area contributed by atoms with E-state index in [0.717, 1.165) is 0 Å². The summed E-state index contributed by atoms with van der Waals surface area (Å²) in [4.78, 5) is 26.1. The smallest absolute Gasteiger partial charge is 0.355 e. The maximum absolute atomic E-state index is 11.5. The number of carbonyl (C=O) groups is 2. The van der Waals surface area contributed by atoms with Gasteiger partial charge in [-0.3, -0.25) is 4.79 Å². The molecular weight excluding hydrogens is 270 g/mol. The fraction of sp³-hybridized carbons (Fsp3) is 0.300. The summed E-state index contributed by atoms with van der Waals surface area (Å²) in [5.41, 5.74) is 0.0361. The van der Waals surface area contributed by atoms with Crippen molar-refractivity contribution in [3.8, 4) is 0 Å². The quantitative estimate of drug-likeness (QED) is 0.758. The van der Waals surface area contributed by atoms with Gasteiger partial charge in [0, 0.05) is 24.5 Å². The second kappa shape index (κ2) is 6.05. The van der Waals surface area contributed by atoms with Crippen molar-refractivity contribution in [2.75, 3.05) is 6.54 Å². The lowest BCUT2D eigenvalue weighted by atomic mass is 10.4. The molecule has 2 aromatic heterocycles. The molecule has 0 unspecified atom stereocenters. The van der Waals surface area contributed by atoms with Crippen LogP contribution in [0.15, 0.2) is 17.8 Å². The predicted molar refractivity (Wildman–Crippen MR) is 65.8 cm³/mol. The summed E-state index contributed by atoms with van der Waals surface area (Å²) < 4.78 is 1.42. The van der Waals surface area contributed by atoms with Crippen molar-refractivity contribution in [3.63, 3.8) is 0 Å². The summed E-state index contributed by atoms with van der Waals surface area (Å²) in [7, 11) is 0. The molecule has 100 valence electrons. The van der Waals surface area contributed by atoms with E-state index in [1.54, 1.807) is 6.20 Å². The third-order valence-electron chi connectivity index (χ3n) is 2.21. The molecule has 2 N–H and O–H groups in total. The number of carbonyl (C=O) groups excluding carboxylic acids is 1. The van der Waals surface area contributed by atoms with E-state index in [2.05, 4.69) is 20.6 Å². The average Bonchev–Trinajstić information content (AvgIpc) is 3.00. The molecule has 8 nitrogen and oxygen atoms in total. The number of thiazole rings is 1. The van der Waals surface area contributed by atoms with E-state index in [1.807, 2.05) is 0 Å². The van der Waals surface area contributed by atoms with Crippen LogP contribution in [0.2, 0.25) is 0 Å². The van der Waals surface area contributed by atoms with E-state index in [4.69, 9.17) is 5.11 Å². The van der Waals surface area contributed by atoms with Gasteiger partial charge in [0.25, 0.3) is 0 Å². The number of nitrogens with one attached hydrogen (secondary N) is 1. The highest BCUT2D eigenvalue weighted by molar-refractivity contribution is 7.09. The van der Waals surface area contributed by atoms with E-state index >= 15 is 0 Å². The van der Waals surface area contributed by atoms with Gasteiger partial charge in [0.2, 0.25) is 5.91 Å². The number of rotatable bonds is 6. The Morgan fingerprint density at radius 3 is 2.95 bits per heavy atom. The zero-order valence-corrected chi connectivity index (χ0v) is 10.6. The number of hydrogen-bond donors (Lipinski definition) is 2. The van der Waals surface area contributed by atoms with Gasteiger partial charge in [-0.25, -0.2) is 14.5 Å². The molecule has 9 heteroatoms. The molecule has 2 rings (SSSR count). The number of aromatic carboxylic acids is 1. The number of aromatic nitrogens is 4. The summed E-state index contributed by atoms with van der Waals surface area (Å²) >= 11 is 1.26. The van der Waals surface area contributed by atoms with Gasteiger partial charge in [-0.15, -0.1) is 16.4 Å². The van der Waals surface area contributed by atoms with Crippen LogP contribution in [0.1, 0.15) is 15.5 Å². The van der Waals surface area contributed by atoms with Gasteiger partial charge < -0.3 is 10.4 Å². The monoisotopic (exact) mass is 281 g/mol. The van der Waals surface area contributed by atoms with Gasteiger partial charge in [-0.05, 0) is 0 Å². The highest BCUT2D eigenvalue weighted by Gasteiger charge is 2.09. The van der Waals surface area contributed by atoms with Crippen LogP contribution in [0.5, 0.6) is 0 Å². The zero-order valence-electron chi connectivity index (χ0n) is 9.81. The van der Waals surface area contributed by atoms with Crippen LogP contribution in [-0.2, 0) is 17.8 Å². The fourth-order valence-corrected chi connectivity index (χ4v) is 2.13. The van der Waals surface area contributed by atoms with Crippen LogP contribution >= 0.6 is 11.3 Å². The normalized spacial score (nSPS) is 10.3. The minimum atomic E-state index is -1.04. The first-order chi connectivity index (χ1) is 9.15. The van der Waals surface area contributed by atoms with Crippen molar-refractivity contribution < 1.29 is 14.7 Å². The summed E-state index contributed by atoms with van der Waals surface area (Å²) in [5.74, 6) is -1.22. The van der Waals surface area contributed by atoms with E-state index in [9.17, 15) is 9.59 Å². The molecule has 0 saturated carbocycles. The van der Waals surface area contributed by atoms with Crippen molar-refractivity contribution in [3.05, 3.63) is 28.5 Å². The largest absolute Gasteiger partial charge is 0.476 e. The lowest BCUT2D eigenvalue weighted by Crippen LogP contribution is -2.29. The van der Waals surface area contributed by atoms with Crippen LogP contribution < -0.4 is 5.32 Å². The van der Waals surface area contributed by atoms with Gasteiger partial charge in [0.05, 0.1) is 11.2 Å². The Bertz CT molecular complexity index is 565. The molecule has 0 bridgehead atoms. The first-order valence-electron chi connectivity index (χ1n) is 5.43. The minimum absolute atomic E-state index is 0.0361. The third-order valence-corrected chi connectivity index (χ3v) is 3.12. The van der Waals surface area contributed by atoms with Crippen LogP contribution in [0.3, 0.4) is 0 Å². The van der Waals surface area contributed by atoms with Gasteiger partial charge in [-0.1, -0.05) is 5.21 Å². The van der Waals surface area contributed by atoms with Gasteiger partial charge in [-0.2, -0.15) is 0 Å². The molecule has 0 aliphatic carbocycles. The van der Waals surface area contributed by atoms with Gasteiger partial charge in [0.15, 0.2) is 5.69 Å². The van der Waals surface area contributed by atoms with Crippen molar-refractivity contribution in [1.82, 2.24) is 25.3 Å². The minimum Gasteiger partial charge on any atom is -0.476 e. The summed E-state index contributed by atoms with van der Waals surface area (Å²) in [6, 6.07) is 0.